The van der Waals surface area contributed by atoms with E-state index in [0.717, 1.165) is 46.3 Å². The van der Waals surface area contributed by atoms with E-state index in [9.17, 15) is 18.0 Å². The van der Waals surface area contributed by atoms with E-state index in [-0.39, 0.29) is 0 Å². The molecular weight excluding hydrogens is 525 g/mol. The number of alkyl halides is 3. The van der Waals surface area contributed by atoms with Crippen molar-refractivity contribution in [2.75, 3.05) is 26.3 Å². The Morgan fingerprint density at radius 3 is 2.54 bits per heavy atom. The summed E-state index contributed by atoms with van der Waals surface area (Å²) in [7, 11) is 0. The molecule has 11 heteroatoms. The average Bonchev–Trinajstić information content (AvgIpc) is 3.29. The molecule has 6 nitrogen and oxygen atoms in total. The van der Waals surface area contributed by atoms with Gasteiger partial charge in [0.1, 0.15) is 5.01 Å². The van der Waals surface area contributed by atoms with Gasteiger partial charge in [0, 0.05) is 53.2 Å². The number of thiazole rings is 1. The van der Waals surface area contributed by atoms with Crippen LogP contribution in [-0.4, -0.2) is 42.2 Å². The number of aromatic nitrogens is 1. The summed E-state index contributed by atoms with van der Waals surface area (Å²) in [5.74, 6) is 0.630. The van der Waals surface area contributed by atoms with E-state index in [1.165, 1.54) is 30.4 Å². The summed E-state index contributed by atoms with van der Waals surface area (Å²) < 4.78 is 44.5. The van der Waals surface area contributed by atoms with Crippen LogP contribution >= 0.6 is 23.1 Å². The Balaban J connectivity index is 1.54. The molecule has 0 spiro atoms. The second-order valence-corrected chi connectivity index (χ2v) is 10.6. The van der Waals surface area contributed by atoms with Crippen molar-refractivity contribution in [2.24, 2.45) is 0 Å². The molecule has 0 saturated carbocycles. The van der Waals surface area contributed by atoms with Crippen LogP contribution in [0.1, 0.15) is 35.5 Å². The first-order valence-corrected chi connectivity index (χ1v) is 13.6. The maximum Gasteiger partial charge on any atom is 0.416 e. The molecule has 0 atom stereocenters. The fourth-order valence-electron chi connectivity index (χ4n) is 3.77. The van der Waals surface area contributed by atoms with Gasteiger partial charge in [0.2, 0.25) is 0 Å². The fraction of sp³-hybridized carbons (Fsp3) is 0.385. The molecule has 0 aliphatic carbocycles. The number of hydrogen-bond donors (Lipinski definition) is 0. The number of nitrogens with zero attached hydrogens (tertiary/aromatic N) is 2. The van der Waals surface area contributed by atoms with Gasteiger partial charge in [-0.15, -0.1) is 23.1 Å². The van der Waals surface area contributed by atoms with Gasteiger partial charge < -0.3 is 4.74 Å². The summed E-state index contributed by atoms with van der Waals surface area (Å²) >= 11 is 3.15. The minimum absolute atomic E-state index is 0.498. The number of halogens is 3. The molecular formula is C26H27F3N2O4S2. The SMILES string of the molecule is CCc1cc(SCc2sc(-c3ccc(C(F)(F)F)cc3)nc2CN2CCOCC2)ccc1OOC(C)=O. The van der Waals surface area contributed by atoms with Crippen molar-refractivity contribution in [1.29, 1.82) is 0 Å². The second-order valence-electron chi connectivity index (χ2n) is 8.42. The Morgan fingerprint density at radius 2 is 1.89 bits per heavy atom. The summed E-state index contributed by atoms with van der Waals surface area (Å²) in [6, 6.07) is 10.8. The lowest BCUT2D eigenvalue weighted by atomic mass is 10.1. The van der Waals surface area contributed by atoms with Gasteiger partial charge in [0.15, 0.2) is 5.75 Å². The molecule has 0 N–H and O–H groups in total. The molecule has 3 aromatic rings. The van der Waals surface area contributed by atoms with Crippen LogP contribution in [0.5, 0.6) is 5.75 Å². The van der Waals surface area contributed by atoms with Gasteiger partial charge in [0.05, 0.1) is 24.5 Å². The number of benzene rings is 2. The van der Waals surface area contributed by atoms with Crippen molar-refractivity contribution in [3.63, 3.8) is 0 Å². The molecule has 0 unspecified atom stereocenters. The van der Waals surface area contributed by atoms with E-state index in [2.05, 4.69) is 9.79 Å². The number of carbonyl (C=O) groups excluding carboxylic acids is 1. The van der Waals surface area contributed by atoms with Gasteiger partial charge >= 0.3 is 12.1 Å². The Labute approximate surface area is 221 Å². The Hall–Kier alpha value is -2.60. The monoisotopic (exact) mass is 552 g/mol. The summed E-state index contributed by atoms with van der Waals surface area (Å²) in [4.78, 5) is 30.1. The Morgan fingerprint density at radius 1 is 1.16 bits per heavy atom. The van der Waals surface area contributed by atoms with Crippen molar-refractivity contribution >= 4 is 29.1 Å². The normalized spacial score (nSPS) is 14.5. The first kappa shape index (κ1) is 27.4. The van der Waals surface area contributed by atoms with Crippen molar-refractivity contribution in [2.45, 2.75) is 43.6 Å². The van der Waals surface area contributed by atoms with E-state index >= 15 is 0 Å². The van der Waals surface area contributed by atoms with Gasteiger partial charge in [0.25, 0.3) is 0 Å². The van der Waals surface area contributed by atoms with Crippen molar-refractivity contribution in [1.82, 2.24) is 9.88 Å². The van der Waals surface area contributed by atoms with Crippen molar-refractivity contribution < 1.29 is 32.5 Å². The number of morpholine rings is 1. The van der Waals surface area contributed by atoms with Gasteiger partial charge in [-0.3, -0.25) is 14.7 Å². The summed E-state index contributed by atoms with van der Waals surface area (Å²) in [5, 5.41) is 0.701. The van der Waals surface area contributed by atoms with E-state index in [4.69, 9.17) is 14.6 Å². The summed E-state index contributed by atoms with van der Waals surface area (Å²) in [6.45, 7) is 6.88. The van der Waals surface area contributed by atoms with Crippen LogP contribution in [-0.2, 0) is 39.3 Å². The standard InChI is InChI=1S/C26H27F3N2O4S2/c1-3-18-14-21(8-9-23(18)35-34-17(2)32)36-16-24-22(15-31-10-12-33-13-11-31)30-25(37-24)19-4-6-20(7-5-19)26(27,28)29/h4-9,14H,3,10-13,15-16H2,1-2H3. The molecule has 0 bridgehead atoms. The molecule has 1 aliphatic heterocycles. The predicted molar refractivity (Wildman–Crippen MR) is 136 cm³/mol. The van der Waals surface area contributed by atoms with E-state index in [1.54, 1.807) is 17.8 Å². The molecule has 4 rings (SSSR count). The molecule has 2 heterocycles. The minimum Gasteiger partial charge on any atom is -0.379 e. The molecule has 0 amide bonds. The zero-order chi connectivity index (χ0) is 26.4. The minimum atomic E-state index is -4.37. The van der Waals surface area contributed by atoms with Crippen molar-refractivity contribution in [3.05, 3.63) is 64.2 Å². The highest BCUT2D eigenvalue weighted by Crippen LogP contribution is 2.36. The highest BCUT2D eigenvalue weighted by Gasteiger charge is 2.30. The third-order valence-corrected chi connectivity index (χ3v) is 8.10. The zero-order valence-corrected chi connectivity index (χ0v) is 22.1. The molecule has 1 fully saturated rings. The zero-order valence-electron chi connectivity index (χ0n) is 20.5. The van der Waals surface area contributed by atoms with Gasteiger partial charge in [-0.05, 0) is 36.8 Å². The van der Waals surface area contributed by atoms with Crippen LogP contribution in [0.4, 0.5) is 13.2 Å². The lowest BCUT2D eigenvalue weighted by molar-refractivity contribution is -0.211. The lowest BCUT2D eigenvalue weighted by Gasteiger charge is -2.26. The third-order valence-electron chi connectivity index (χ3n) is 5.75. The number of aryl methyl sites for hydroxylation is 1. The third kappa shape index (κ3) is 7.47. The summed E-state index contributed by atoms with van der Waals surface area (Å²) in [6.07, 6.45) is -3.67. The maximum absolute atomic E-state index is 13.0. The number of rotatable bonds is 9. The molecule has 198 valence electrons. The lowest BCUT2D eigenvalue weighted by Crippen LogP contribution is -2.35. The molecule has 1 aliphatic rings. The number of carbonyl (C=O) groups is 1. The second kappa shape index (κ2) is 12.3. The van der Waals surface area contributed by atoms with Gasteiger partial charge in [-0.25, -0.2) is 9.78 Å². The molecule has 1 saturated heterocycles. The van der Waals surface area contributed by atoms with E-state index in [1.807, 2.05) is 19.1 Å². The number of ether oxygens (including phenoxy) is 1. The smallest absolute Gasteiger partial charge is 0.379 e. The first-order chi connectivity index (χ1) is 17.7. The Bertz CT molecular complexity index is 1210. The van der Waals surface area contributed by atoms with Crippen LogP contribution in [0, 0.1) is 0 Å². The van der Waals surface area contributed by atoms with Crippen LogP contribution in [0.25, 0.3) is 10.6 Å². The Kier molecular flexibility index (Phi) is 9.12. The largest absolute Gasteiger partial charge is 0.416 e. The highest BCUT2D eigenvalue weighted by molar-refractivity contribution is 7.98. The highest BCUT2D eigenvalue weighted by atomic mass is 32.2. The predicted octanol–water partition coefficient (Wildman–Crippen LogP) is 6.37. The molecule has 1 aromatic heterocycles. The van der Waals surface area contributed by atoms with Crippen molar-refractivity contribution in [3.8, 4) is 16.3 Å². The molecule has 2 aromatic carbocycles. The molecule has 37 heavy (non-hydrogen) atoms. The van der Waals surface area contributed by atoms with Crippen LogP contribution in [0.3, 0.4) is 0 Å². The fourth-order valence-corrected chi connectivity index (χ4v) is 5.91. The maximum atomic E-state index is 13.0. The van der Waals surface area contributed by atoms with Gasteiger partial charge in [-0.1, -0.05) is 19.1 Å². The summed E-state index contributed by atoms with van der Waals surface area (Å²) in [5.41, 5.74) is 1.83. The van der Waals surface area contributed by atoms with E-state index < -0.39 is 17.7 Å². The average molecular weight is 553 g/mol. The van der Waals surface area contributed by atoms with Crippen LogP contribution < -0.4 is 4.89 Å². The first-order valence-electron chi connectivity index (χ1n) is 11.8. The quantitative estimate of drug-likeness (QED) is 0.174. The van der Waals surface area contributed by atoms with Crippen LogP contribution in [0.2, 0.25) is 0 Å². The topological polar surface area (TPSA) is 60.9 Å². The van der Waals surface area contributed by atoms with E-state index in [0.29, 0.717) is 48.3 Å². The number of thioether (sulfide) groups is 1. The van der Waals surface area contributed by atoms with Crippen LogP contribution in [0.15, 0.2) is 47.4 Å². The van der Waals surface area contributed by atoms with Gasteiger partial charge in [-0.2, -0.15) is 13.2 Å². The number of hydrogen-bond acceptors (Lipinski definition) is 8. The molecule has 0 radical (unpaired) electrons.